The van der Waals surface area contributed by atoms with Crippen molar-refractivity contribution >= 4 is 17.6 Å². The molecule has 3 aromatic rings. The van der Waals surface area contributed by atoms with Gasteiger partial charge in [-0.1, -0.05) is 48.5 Å². The van der Waals surface area contributed by atoms with Gasteiger partial charge in [0.1, 0.15) is 12.4 Å². The summed E-state index contributed by atoms with van der Waals surface area (Å²) in [5, 5.41) is 12.4. The highest BCUT2D eigenvalue weighted by atomic mass is 16.5. The fourth-order valence-corrected chi connectivity index (χ4v) is 5.69. The average molecular weight is 470 g/mol. The minimum Gasteiger partial charge on any atom is -0.489 e. The quantitative estimate of drug-likeness (QED) is 0.451. The Labute approximate surface area is 206 Å². The predicted molar refractivity (Wildman–Crippen MR) is 136 cm³/mol. The number of carbonyl (C=O) groups excluding carboxylic acids is 1. The number of carboxylic acids is 1. The summed E-state index contributed by atoms with van der Waals surface area (Å²) < 4.78 is 6.16. The van der Waals surface area contributed by atoms with Gasteiger partial charge >= 0.3 is 5.97 Å². The molecule has 0 saturated heterocycles. The van der Waals surface area contributed by atoms with Crippen LogP contribution in [-0.4, -0.2) is 17.0 Å². The van der Waals surface area contributed by atoms with Crippen molar-refractivity contribution in [2.24, 2.45) is 5.92 Å². The van der Waals surface area contributed by atoms with Crippen molar-refractivity contribution in [2.75, 3.05) is 5.32 Å². The molecule has 35 heavy (non-hydrogen) atoms. The van der Waals surface area contributed by atoms with Crippen LogP contribution in [0.2, 0.25) is 0 Å². The average Bonchev–Trinajstić information content (AvgIpc) is 3.21. The highest BCUT2D eigenvalue weighted by Gasteiger charge is 2.43. The van der Waals surface area contributed by atoms with Crippen molar-refractivity contribution in [3.05, 3.63) is 95.1 Å². The van der Waals surface area contributed by atoms with Crippen molar-refractivity contribution in [1.82, 2.24) is 0 Å². The number of benzene rings is 3. The molecule has 0 radical (unpaired) electrons. The largest absolute Gasteiger partial charge is 0.489 e. The van der Waals surface area contributed by atoms with Crippen LogP contribution >= 0.6 is 0 Å². The standard InChI is InChI=1S/C30H31NO4/c32-28(18-21-5-2-1-3-6-21)31-25-8-4-7-22(17-25)20-35-26-10-9-23-11-14-30(27(23)19-26)15-12-24(13-16-30)29(33)34/h1-10,17,19,24H,11-16,18,20H2,(H,31,32)(H,33,34). The zero-order chi connectivity index (χ0) is 24.3. The molecule has 0 heterocycles. The second-order valence-electron chi connectivity index (χ2n) is 9.91. The van der Waals surface area contributed by atoms with Gasteiger partial charge in [-0.2, -0.15) is 0 Å². The molecule has 1 amide bonds. The van der Waals surface area contributed by atoms with E-state index in [0.29, 0.717) is 13.0 Å². The number of aliphatic carboxylic acids is 1. The van der Waals surface area contributed by atoms with Crippen LogP contribution in [0.25, 0.3) is 0 Å². The molecule has 2 aliphatic rings. The van der Waals surface area contributed by atoms with E-state index in [0.717, 1.165) is 61.1 Å². The van der Waals surface area contributed by atoms with Gasteiger partial charge in [0.05, 0.1) is 12.3 Å². The molecule has 0 unspecified atom stereocenters. The number of fused-ring (bicyclic) bond motifs is 2. The van der Waals surface area contributed by atoms with Crippen molar-refractivity contribution in [1.29, 1.82) is 0 Å². The van der Waals surface area contributed by atoms with E-state index < -0.39 is 5.97 Å². The molecule has 2 aliphatic carbocycles. The number of amides is 1. The number of carboxylic acid groups (broad SMARTS) is 1. The van der Waals surface area contributed by atoms with E-state index in [1.54, 1.807) is 0 Å². The molecule has 180 valence electrons. The molecule has 0 aromatic heterocycles. The van der Waals surface area contributed by atoms with Gasteiger partial charge < -0.3 is 15.2 Å². The monoisotopic (exact) mass is 469 g/mol. The van der Waals surface area contributed by atoms with Gasteiger partial charge in [-0.05, 0) is 90.5 Å². The van der Waals surface area contributed by atoms with Crippen LogP contribution in [0.5, 0.6) is 5.75 Å². The number of carbonyl (C=O) groups is 2. The molecular formula is C30H31NO4. The van der Waals surface area contributed by atoms with E-state index >= 15 is 0 Å². The summed E-state index contributed by atoms with van der Waals surface area (Å²) in [4.78, 5) is 23.8. The fraction of sp³-hybridized carbons (Fsp3) is 0.333. The SMILES string of the molecule is O=C(Cc1ccccc1)Nc1cccc(COc2ccc3c(c2)C2(CC3)CCC(C(=O)O)CC2)c1. The summed E-state index contributed by atoms with van der Waals surface area (Å²) in [6.45, 7) is 0.412. The first-order valence-corrected chi connectivity index (χ1v) is 12.4. The summed E-state index contributed by atoms with van der Waals surface area (Å²) in [5.41, 5.74) is 5.55. The molecule has 1 saturated carbocycles. The van der Waals surface area contributed by atoms with Gasteiger partial charge in [-0.3, -0.25) is 9.59 Å². The number of hydrogen-bond donors (Lipinski definition) is 2. The Morgan fingerprint density at radius 2 is 1.69 bits per heavy atom. The lowest BCUT2D eigenvalue weighted by molar-refractivity contribution is -0.143. The molecule has 0 atom stereocenters. The third kappa shape index (κ3) is 5.24. The normalized spacial score (nSPS) is 20.9. The lowest BCUT2D eigenvalue weighted by Gasteiger charge is -2.37. The van der Waals surface area contributed by atoms with Gasteiger partial charge in [-0.15, -0.1) is 0 Å². The Balaban J connectivity index is 1.22. The van der Waals surface area contributed by atoms with E-state index in [2.05, 4.69) is 17.4 Å². The lowest BCUT2D eigenvalue weighted by atomic mass is 9.67. The van der Waals surface area contributed by atoms with Gasteiger partial charge in [0.15, 0.2) is 0 Å². The maximum Gasteiger partial charge on any atom is 0.306 e. The Kier molecular flexibility index (Phi) is 6.58. The van der Waals surface area contributed by atoms with Crippen LogP contribution in [-0.2, 0) is 34.5 Å². The highest BCUT2D eigenvalue weighted by Crippen LogP contribution is 2.50. The molecule has 1 spiro atoms. The van der Waals surface area contributed by atoms with Crippen molar-refractivity contribution < 1.29 is 19.4 Å². The van der Waals surface area contributed by atoms with Crippen LogP contribution in [0.15, 0.2) is 72.8 Å². The van der Waals surface area contributed by atoms with E-state index in [4.69, 9.17) is 4.74 Å². The topological polar surface area (TPSA) is 75.6 Å². The second-order valence-corrected chi connectivity index (χ2v) is 9.91. The Bertz CT molecular complexity index is 1210. The molecule has 3 aromatic carbocycles. The first-order valence-electron chi connectivity index (χ1n) is 12.4. The molecule has 0 bridgehead atoms. The highest BCUT2D eigenvalue weighted by molar-refractivity contribution is 5.92. The number of aryl methyl sites for hydroxylation is 1. The number of nitrogens with one attached hydrogen (secondary N) is 1. The first-order chi connectivity index (χ1) is 17.0. The third-order valence-electron chi connectivity index (χ3n) is 7.64. The van der Waals surface area contributed by atoms with Crippen molar-refractivity contribution in [2.45, 2.75) is 57.0 Å². The fourth-order valence-electron chi connectivity index (χ4n) is 5.69. The van der Waals surface area contributed by atoms with Gasteiger partial charge in [0.2, 0.25) is 5.91 Å². The molecule has 1 fully saturated rings. The lowest BCUT2D eigenvalue weighted by Crippen LogP contribution is -2.32. The smallest absolute Gasteiger partial charge is 0.306 e. The van der Waals surface area contributed by atoms with Crippen molar-refractivity contribution in [3.63, 3.8) is 0 Å². The van der Waals surface area contributed by atoms with Gasteiger partial charge in [0, 0.05) is 5.69 Å². The minimum atomic E-state index is -0.659. The molecule has 2 N–H and O–H groups in total. The Morgan fingerprint density at radius 1 is 0.914 bits per heavy atom. The second kappa shape index (κ2) is 9.95. The van der Waals surface area contributed by atoms with Crippen LogP contribution < -0.4 is 10.1 Å². The number of hydrogen-bond acceptors (Lipinski definition) is 3. The summed E-state index contributed by atoms with van der Waals surface area (Å²) in [7, 11) is 0. The Morgan fingerprint density at radius 3 is 2.46 bits per heavy atom. The number of ether oxygens (including phenoxy) is 1. The summed E-state index contributed by atoms with van der Waals surface area (Å²) >= 11 is 0. The number of anilines is 1. The minimum absolute atomic E-state index is 0.0455. The third-order valence-corrected chi connectivity index (χ3v) is 7.64. The summed E-state index contributed by atoms with van der Waals surface area (Å²) in [6.07, 6.45) is 5.87. The molecule has 0 aliphatic heterocycles. The van der Waals surface area contributed by atoms with Crippen molar-refractivity contribution in [3.8, 4) is 5.75 Å². The predicted octanol–water partition coefficient (Wildman–Crippen LogP) is 5.91. The summed E-state index contributed by atoms with van der Waals surface area (Å²) in [6, 6.07) is 23.8. The maximum absolute atomic E-state index is 12.4. The van der Waals surface area contributed by atoms with E-state index in [1.807, 2.05) is 60.7 Å². The van der Waals surface area contributed by atoms with Gasteiger partial charge in [-0.25, -0.2) is 0 Å². The first kappa shape index (κ1) is 23.2. The number of rotatable bonds is 7. The van der Waals surface area contributed by atoms with Crippen LogP contribution in [0.3, 0.4) is 0 Å². The molecule has 5 heteroatoms. The summed E-state index contributed by atoms with van der Waals surface area (Å²) in [5.74, 6) is -0.0714. The van der Waals surface area contributed by atoms with Crippen LogP contribution in [0, 0.1) is 5.92 Å². The molecule has 5 nitrogen and oxygen atoms in total. The zero-order valence-electron chi connectivity index (χ0n) is 19.8. The van der Waals surface area contributed by atoms with E-state index in [1.165, 1.54) is 11.1 Å². The van der Waals surface area contributed by atoms with Gasteiger partial charge in [0.25, 0.3) is 0 Å². The maximum atomic E-state index is 12.4. The molecular weight excluding hydrogens is 438 g/mol. The Hall–Kier alpha value is -3.60. The van der Waals surface area contributed by atoms with E-state index in [9.17, 15) is 14.7 Å². The van der Waals surface area contributed by atoms with Crippen LogP contribution in [0.1, 0.15) is 54.4 Å². The van der Waals surface area contributed by atoms with E-state index in [-0.39, 0.29) is 17.2 Å². The van der Waals surface area contributed by atoms with Crippen LogP contribution in [0.4, 0.5) is 5.69 Å². The molecule has 5 rings (SSSR count). The zero-order valence-corrected chi connectivity index (χ0v) is 19.8.